The van der Waals surface area contributed by atoms with Gasteiger partial charge >= 0.3 is 0 Å². The van der Waals surface area contributed by atoms with Crippen LogP contribution in [-0.4, -0.2) is 12.5 Å². The predicted octanol–water partition coefficient (Wildman–Crippen LogP) is 2.52. The molecule has 3 N–H and O–H groups in total. The van der Waals surface area contributed by atoms with Crippen LogP contribution in [0.15, 0.2) is 24.3 Å². The SMILES string of the molecule is NCCC(=O)NC(c1ccc(F)cc1)C1CCCC1. The first-order valence-electron chi connectivity index (χ1n) is 6.95. The molecule has 1 aromatic carbocycles. The Morgan fingerprint density at radius 1 is 1.32 bits per heavy atom. The number of rotatable bonds is 5. The number of benzene rings is 1. The number of hydrogen-bond donors (Lipinski definition) is 2. The highest BCUT2D eigenvalue weighted by molar-refractivity contribution is 5.76. The molecule has 0 spiro atoms. The van der Waals surface area contributed by atoms with Gasteiger partial charge in [-0.05, 0) is 36.5 Å². The maximum atomic E-state index is 13.0. The van der Waals surface area contributed by atoms with Crippen LogP contribution in [0.5, 0.6) is 0 Å². The number of hydrogen-bond acceptors (Lipinski definition) is 2. The summed E-state index contributed by atoms with van der Waals surface area (Å²) in [6.45, 7) is 0.354. The molecule has 0 saturated heterocycles. The van der Waals surface area contributed by atoms with Gasteiger partial charge in [-0.15, -0.1) is 0 Å². The topological polar surface area (TPSA) is 55.1 Å². The molecular weight excluding hydrogens is 243 g/mol. The van der Waals surface area contributed by atoms with Crippen molar-refractivity contribution in [2.45, 2.75) is 38.1 Å². The fourth-order valence-electron chi connectivity index (χ4n) is 2.81. The van der Waals surface area contributed by atoms with Crippen LogP contribution in [0.2, 0.25) is 0 Å². The Hall–Kier alpha value is -1.42. The maximum absolute atomic E-state index is 13.0. The monoisotopic (exact) mass is 264 g/mol. The molecule has 0 aliphatic heterocycles. The molecule has 0 heterocycles. The second-order valence-electron chi connectivity index (χ2n) is 5.18. The molecule has 1 saturated carbocycles. The molecule has 0 bridgehead atoms. The molecule has 1 aromatic rings. The molecule has 0 aromatic heterocycles. The van der Waals surface area contributed by atoms with Crippen LogP contribution in [0.3, 0.4) is 0 Å². The summed E-state index contributed by atoms with van der Waals surface area (Å²) in [6, 6.07) is 6.42. The third kappa shape index (κ3) is 3.77. The van der Waals surface area contributed by atoms with Gasteiger partial charge in [-0.3, -0.25) is 4.79 Å². The number of carbonyl (C=O) groups is 1. The number of nitrogens with two attached hydrogens (primary N) is 1. The van der Waals surface area contributed by atoms with Crippen molar-refractivity contribution in [3.05, 3.63) is 35.6 Å². The molecule has 1 unspecified atom stereocenters. The largest absolute Gasteiger partial charge is 0.349 e. The second-order valence-corrected chi connectivity index (χ2v) is 5.18. The van der Waals surface area contributed by atoms with Crippen molar-refractivity contribution in [2.75, 3.05) is 6.54 Å². The summed E-state index contributed by atoms with van der Waals surface area (Å²) in [4.78, 5) is 11.8. The van der Waals surface area contributed by atoms with E-state index in [1.54, 1.807) is 12.1 Å². The number of amides is 1. The van der Waals surface area contributed by atoms with Crippen LogP contribution in [-0.2, 0) is 4.79 Å². The fraction of sp³-hybridized carbons (Fsp3) is 0.533. The van der Waals surface area contributed by atoms with Crippen molar-refractivity contribution in [3.8, 4) is 0 Å². The highest BCUT2D eigenvalue weighted by atomic mass is 19.1. The Labute approximate surface area is 113 Å². The highest BCUT2D eigenvalue weighted by Gasteiger charge is 2.27. The van der Waals surface area contributed by atoms with Gasteiger partial charge in [0.1, 0.15) is 5.82 Å². The number of carbonyl (C=O) groups excluding carboxylic acids is 1. The molecular formula is C15H21FN2O. The van der Waals surface area contributed by atoms with Gasteiger partial charge in [0.15, 0.2) is 0 Å². The Balaban J connectivity index is 2.13. The molecule has 1 aliphatic rings. The quantitative estimate of drug-likeness (QED) is 0.858. The smallest absolute Gasteiger partial charge is 0.221 e. The van der Waals surface area contributed by atoms with Crippen molar-refractivity contribution in [1.29, 1.82) is 0 Å². The van der Waals surface area contributed by atoms with Gasteiger partial charge in [0.2, 0.25) is 5.91 Å². The average molecular weight is 264 g/mol. The van der Waals surface area contributed by atoms with Crippen LogP contribution in [0, 0.1) is 11.7 Å². The van der Waals surface area contributed by atoms with E-state index < -0.39 is 0 Å². The molecule has 1 fully saturated rings. The van der Waals surface area contributed by atoms with E-state index in [0.717, 1.165) is 18.4 Å². The Bertz CT molecular complexity index is 413. The molecule has 104 valence electrons. The predicted molar refractivity (Wildman–Crippen MR) is 72.9 cm³/mol. The Kier molecular flexibility index (Phi) is 4.91. The Morgan fingerprint density at radius 2 is 1.95 bits per heavy atom. The first kappa shape index (κ1) is 14.0. The van der Waals surface area contributed by atoms with Gasteiger partial charge in [0, 0.05) is 13.0 Å². The van der Waals surface area contributed by atoms with E-state index in [2.05, 4.69) is 5.32 Å². The molecule has 4 heteroatoms. The standard InChI is InChI=1S/C15H21FN2O/c16-13-7-5-12(6-8-13)15(11-3-1-2-4-11)18-14(19)9-10-17/h5-8,11,15H,1-4,9-10,17H2,(H,18,19). The van der Waals surface area contributed by atoms with E-state index in [9.17, 15) is 9.18 Å². The first-order chi connectivity index (χ1) is 9.20. The average Bonchev–Trinajstić information content (AvgIpc) is 2.91. The first-order valence-corrected chi connectivity index (χ1v) is 6.95. The van der Waals surface area contributed by atoms with E-state index in [1.165, 1.54) is 25.0 Å². The number of nitrogens with one attached hydrogen (secondary N) is 1. The van der Waals surface area contributed by atoms with Gasteiger partial charge in [-0.1, -0.05) is 25.0 Å². The van der Waals surface area contributed by atoms with Crippen molar-refractivity contribution in [1.82, 2.24) is 5.32 Å². The van der Waals surface area contributed by atoms with Crippen molar-refractivity contribution in [3.63, 3.8) is 0 Å². The maximum Gasteiger partial charge on any atom is 0.221 e. The van der Waals surface area contributed by atoms with Crippen LogP contribution in [0.25, 0.3) is 0 Å². The van der Waals surface area contributed by atoms with Crippen LogP contribution in [0.4, 0.5) is 4.39 Å². The molecule has 1 aliphatic carbocycles. The van der Waals surface area contributed by atoms with E-state index in [1.807, 2.05) is 0 Å². The highest BCUT2D eigenvalue weighted by Crippen LogP contribution is 2.35. The molecule has 2 rings (SSSR count). The van der Waals surface area contributed by atoms with Gasteiger partial charge in [-0.25, -0.2) is 4.39 Å². The summed E-state index contributed by atoms with van der Waals surface area (Å²) in [5.41, 5.74) is 6.39. The van der Waals surface area contributed by atoms with E-state index in [0.29, 0.717) is 18.9 Å². The summed E-state index contributed by atoms with van der Waals surface area (Å²) in [7, 11) is 0. The molecule has 0 radical (unpaired) electrons. The lowest BCUT2D eigenvalue weighted by molar-refractivity contribution is -0.122. The molecule has 19 heavy (non-hydrogen) atoms. The van der Waals surface area contributed by atoms with Crippen molar-refractivity contribution < 1.29 is 9.18 Å². The van der Waals surface area contributed by atoms with Crippen LogP contribution >= 0.6 is 0 Å². The van der Waals surface area contributed by atoms with Gasteiger partial charge in [-0.2, -0.15) is 0 Å². The Morgan fingerprint density at radius 3 is 2.53 bits per heavy atom. The summed E-state index contributed by atoms with van der Waals surface area (Å²) in [5.74, 6) is 0.179. The summed E-state index contributed by atoms with van der Waals surface area (Å²) in [5, 5.41) is 3.05. The third-order valence-electron chi connectivity index (χ3n) is 3.79. The lowest BCUT2D eigenvalue weighted by Crippen LogP contribution is -2.33. The minimum absolute atomic E-state index is 0.0119. The minimum Gasteiger partial charge on any atom is -0.349 e. The minimum atomic E-state index is -0.248. The zero-order valence-corrected chi connectivity index (χ0v) is 11.1. The second kappa shape index (κ2) is 6.66. The van der Waals surface area contributed by atoms with Gasteiger partial charge < -0.3 is 11.1 Å². The zero-order chi connectivity index (χ0) is 13.7. The van der Waals surface area contributed by atoms with Gasteiger partial charge in [0.05, 0.1) is 6.04 Å². The lowest BCUT2D eigenvalue weighted by Gasteiger charge is -2.25. The summed E-state index contributed by atoms with van der Waals surface area (Å²) >= 11 is 0. The number of halogens is 1. The van der Waals surface area contributed by atoms with E-state index in [4.69, 9.17) is 5.73 Å². The molecule has 1 atom stereocenters. The summed E-state index contributed by atoms with van der Waals surface area (Å²) < 4.78 is 13.0. The van der Waals surface area contributed by atoms with Gasteiger partial charge in [0.25, 0.3) is 0 Å². The van der Waals surface area contributed by atoms with Crippen molar-refractivity contribution in [2.24, 2.45) is 11.7 Å². The zero-order valence-electron chi connectivity index (χ0n) is 11.1. The molecule has 3 nitrogen and oxygen atoms in total. The molecule has 1 amide bonds. The van der Waals surface area contributed by atoms with E-state index in [-0.39, 0.29) is 17.8 Å². The van der Waals surface area contributed by atoms with Crippen molar-refractivity contribution >= 4 is 5.91 Å². The van der Waals surface area contributed by atoms with E-state index >= 15 is 0 Å². The normalized spacial score (nSPS) is 17.4. The fourth-order valence-corrected chi connectivity index (χ4v) is 2.81. The van der Waals surface area contributed by atoms with Crippen LogP contribution < -0.4 is 11.1 Å². The van der Waals surface area contributed by atoms with Crippen LogP contribution in [0.1, 0.15) is 43.7 Å². The lowest BCUT2D eigenvalue weighted by atomic mass is 9.91. The third-order valence-corrected chi connectivity index (χ3v) is 3.79. The summed E-state index contributed by atoms with van der Waals surface area (Å²) in [6.07, 6.45) is 4.98.